The Kier molecular flexibility index (Phi) is 5.30. The van der Waals surface area contributed by atoms with Crippen molar-refractivity contribution in [2.45, 2.75) is 64.0 Å². The number of rotatable bonds is 2. The van der Waals surface area contributed by atoms with Crippen molar-refractivity contribution in [2.24, 2.45) is 0 Å². The fraction of sp³-hybridized carbons (Fsp3) is 0.733. The summed E-state index contributed by atoms with van der Waals surface area (Å²) in [5.41, 5.74) is -0.435. The van der Waals surface area contributed by atoms with Crippen molar-refractivity contribution >= 4 is 33.4 Å². The van der Waals surface area contributed by atoms with Gasteiger partial charge in [-0.3, -0.25) is 0 Å². The molecule has 1 fully saturated rings. The quantitative estimate of drug-likeness (QED) is 0.746. The zero-order valence-electron chi connectivity index (χ0n) is 13.1. The van der Waals surface area contributed by atoms with Gasteiger partial charge in [-0.2, -0.15) is 0 Å². The molecule has 1 amide bonds. The molecule has 118 valence electrons. The van der Waals surface area contributed by atoms with Gasteiger partial charge in [0.2, 0.25) is 0 Å². The van der Waals surface area contributed by atoms with Gasteiger partial charge in [0.15, 0.2) is 0 Å². The highest BCUT2D eigenvalue weighted by molar-refractivity contribution is 9.11. The fourth-order valence-electron chi connectivity index (χ4n) is 2.65. The molecule has 0 bridgehead atoms. The van der Waals surface area contributed by atoms with Crippen LogP contribution in [0.25, 0.3) is 0 Å². The minimum atomic E-state index is -0.435. The topological polar surface area (TPSA) is 42.4 Å². The molecule has 0 aliphatic heterocycles. The molecule has 1 aliphatic rings. The Morgan fingerprint density at radius 3 is 2.48 bits per heavy atom. The number of ether oxygens (including phenoxy) is 1. The van der Waals surface area contributed by atoms with Crippen LogP contribution in [0.1, 0.15) is 57.4 Å². The van der Waals surface area contributed by atoms with Crippen molar-refractivity contribution in [2.75, 3.05) is 7.05 Å². The van der Waals surface area contributed by atoms with Crippen LogP contribution < -0.4 is 0 Å². The standard InChI is InChI=1S/C15H23BrN2O2S/c1-15(2,3)20-14(19)18(4)11-7-5-10(6-8-11)13-17-9-12(16)21-13/h9-11H,5-8H2,1-4H3. The highest BCUT2D eigenvalue weighted by atomic mass is 79.9. The fourth-order valence-corrected chi connectivity index (χ4v) is 4.06. The molecule has 0 spiro atoms. The predicted octanol–water partition coefficient (Wildman–Crippen LogP) is 4.80. The summed E-state index contributed by atoms with van der Waals surface area (Å²) in [6, 6.07) is 0.277. The first-order valence-corrected chi connectivity index (χ1v) is 8.94. The summed E-state index contributed by atoms with van der Waals surface area (Å²) in [4.78, 5) is 18.3. The van der Waals surface area contributed by atoms with Crippen LogP contribution in [0.2, 0.25) is 0 Å². The first-order chi connectivity index (χ1) is 9.76. The molecule has 1 aromatic rings. The van der Waals surface area contributed by atoms with Crippen molar-refractivity contribution in [3.63, 3.8) is 0 Å². The Morgan fingerprint density at radius 2 is 2.00 bits per heavy atom. The van der Waals surface area contributed by atoms with Gasteiger partial charge < -0.3 is 9.64 Å². The second kappa shape index (κ2) is 6.65. The van der Waals surface area contributed by atoms with Crippen LogP contribution in [0.3, 0.4) is 0 Å². The number of halogens is 1. The van der Waals surface area contributed by atoms with E-state index in [9.17, 15) is 4.79 Å². The third-order valence-corrected chi connectivity index (χ3v) is 5.41. The van der Waals surface area contributed by atoms with Crippen molar-refractivity contribution in [3.05, 3.63) is 15.0 Å². The summed E-state index contributed by atoms with van der Waals surface area (Å²) in [6.45, 7) is 5.70. The predicted molar refractivity (Wildman–Crippen MR) is 88.8 cm³/mol. The number of amides is 1. The summed E-state index contributed by atoms with van der Waals surface area (Å²) < 4.78 is 6.53. The lowest BCUT2D eigenvalue weighted by Gasteiger charge is -2.35. The zero-order valence-corrected chi connectivity index (χ0v) is 15.5. The van der Waals surface area contributed by atoms with Gasteiger partial charge in [-0.1, -0.05) is 0 Å². The summed E-state index contributed by atoms with van der Waals surface area (Å²) >= 11 is 5.19. The molecule has 0 radical (unpaired) electrons. The molecule has 6 heteroatoms. The van der Waals surface area contributed by atoms with E-state index in [1.807, 2.05) is 34.0 Å². The highest BCUT2D eigenvalue weighted by Crippen LogP contribution is 2.37. The number of hydrogen-bond acceptors (Lipinski definition) is 4. The molecule has 1 saturated carbocycles. The number of thiazole rings is 1. The van der Waals surface area contributed by atoms with E-state index in [2.05, 4.69) is 20.9 Å². The summed E-state index contributed by atoms with van der Waals surface area (Å²) in [6.07, 6.45) is 5.84. The average molecular weight is 375 g/mol. The van der Waals surface area contributed by atoms with Gasteiger partial charge in [0.1, 0.15) is 5.60 Å². The maximum Gasteiger partial charge on any atom is 0.410 e. The van der Waals surface area contributed by atoms with E-state index >= 15 is 0 Å². The molecule has 1 aliphatic carbocycles. The number of carbonyl (C=O) groups is 1. The van der Waals surface area contributed by atoms with Crippen LogP contribution >= 0.6 is 27.3 Å². The maximum absolute atomic E-state index is 12.1. The zero-order chi connectivity index (χ0) is 15.6. The van der Waals surface area contributed by atoms with Crippen LogP contribution in [-0.4, -0.2) is 34.7 Å². The maximum atomic E-state index is 12.1. The average Bonchev–Trinajstić information content (AvgIpc) is 2.83. The smallest absolute Gasteiger partial charge is 0.410 e. The lowest BCUT2D eigenvalue weighted by atomic mass is 9.86. The normalized spacial score (nSPS) is 22.9. The minimum absolute atomic E-state index is 0.219. The number of aromatic nitrogens is 1. The minimum Gasteiger partial charge on any atom is -0.444 e. The second-order valence-electron chi connectivity index (χ2n) is 6.60. The Bertz CT molecular complexity index is 490. The van der Waals surface area contributed by atoms with Gasteiger partial charge in [0, 0.05) is 19.0 Å². The second-order valence-corrected chi connectivity index (χ2v) is 9.04. The van der Waals surface area contributed by atoms with E-state index in [1.54, 1.807) is 16.2 Å². The van der Waals surface area contributed by atoms with Gasteiger partial charge in [-0.05, 0) is 62.4 Å². The number of nitrogens with zero attached hydrogens (tertiary/aromatic N) is 2. The number of hydrogen-bond donors (Lipinski definition) is 0. The largest absolute Gasteiger partial charge is 0.444 e. The first kappa shape index (κ1) is 16.7. The Balaban J connectivity index is 1.87. The van der Waals surface area contributed by atoms with Crippen molar-refractivity contribution in [3.8, 4) is 0 Å². The SMILES string of the molecule is CN(C(=O)OC(C)(C)C)C1CCC(c2ncc(Br)s2)CC1. The third kappa shape index (κ3) is 4.68. The molecule has 1 aromatic heterocycles. The molecular weight excluding hydrogens is 352 g/mol. The summed E-state index contributed by atoms with van der Waals surface area (Å²) in [7, 11) is 1.85. The molecular formula is C15H23BrN2O2S. The van der Waals surface area contributed by atoms with Crippen molar-refractivity contribution in [1.82, 2.24) is 9.88 Å². The van der Waals surface area contributed by atoms with Gasteiger partial charge in [-0.25, -0.2) is 9.78 Å². The summed E-state index contributed by atoms with van der Waals surface area (Å²) in [5, 5.41) is 1.21. The molecule has 21 heavy (non-hydrogen) atoms. The third-order valence-electron chi connectivity index (χ3n) is 3.77. The molecule has 4 nitrogen and oxygen atoms in total. The van der Waals surface area contributed by atoms with E-state index < -0.39 is 5.60 Å². The van der Waals surface area contributed by atoms with Gasteiger partial charge in [0.25, 0.3) is 0 Å². The van der Waals surface area contributed by atoms with Crippen LogP contribution in [0.5, 0.6) is 0 Å². The molecule has 2 rings (SSSR count). The van der Waals surface area contributed by atoms with Crippen molar-refractivity contribution < 1.29 is 9.53 Å². The monoisotopic (exact) mass is 374 g/mol. The van der Waals surface area contributed by atoms with Crippen LogP contribution in [-0.2, 0) is 4.74 Å². The number of carbonyl (C=O) groups excluding carboxylic acids is 1. The molecule has 0 saturated heterocycles. The Labute approximate surface area is 139 Å². The van der Waals surface area contributed by atoms with Crippen LogP contribution in [0.15, 0.2) is 9.98 Å². The van der Waals surface area contributed by atoms with E-state index in [4.69, 9.17) is 4.74 Å². The van der Waals surface area contributed by atoms with Crippen LogP contribution in [0, 0.1) is 0 Å². The Morgan fingerprint density at radius 1 is 1.38 bits per heavy atom. The first-order valence-electron chi connectivity index (χ1n) is 7.33. The lowest BCUT2D eigenvalue weighted by Crippen LogP contribution is -2.42. The molecule has 1 heterocycles. The van der Waals surface area contributed by atoms with E-state index in [0.717, 1.165) is 29.5 Å². The Hall–Kier alpha value is -0.620. The van der Waals surface area contributed by atoms with Crippen molar-refractivity contribution in [1.29, 1.82) is 0 Å². The molecule has 0 unspecified atom stereocenters. The van der Waals surface area contributed by atoms with E-state index in [0.29, 0.717) is 5.92 Å². The van der Waals surface area contributed by atoms with Gasteiger partial charge >= 0.3 is 6.09 Å². The van der Waals surface area contributed by atoms with E-state index in [1.165, 1.54) is 5.01 Å². The lowest BCUT2D eigenvalue weighted by molar-refractivity contribution is 0.0183. The molecule has 0 N–H and O–H groups in total. The van der Waals surface area contributed by atoms with E-state index in [-0.39, 0.29) is 12.1 Å². The van der Waals surface area contributed by atoms with Gasteiger partial charge in [0.05, 0.1) is 15.0 Å². The summed E-state index contributed by atoms with van der Waals surface area (Å²) in [5.74, 6) is 0.532. The highest BCUT2D eigenvalue weighted by Gasteiger charge is 2.30. The molecule has 0 atom stereocenters. The van der Waals surface area contributed by atoms with Crippen LogP contribution in [0.4, 0.5) is 4.79 Å². The molecule has 0 aromatic carbocycles. The van der Waals surface area contributed by atoms with Gasteiger partial charge in [-0.15, -0.1) is 11.3 Å².